The molecule has 2 amide bonds. The summed E-state index contributed by atoms with van der Waals surface area (Å²) in [5.74, 6) is -0.518. The molecule has 1 N–H and O–H groups in total. The largest absolute Gasteiger partial charge is 0.390 e. The third-order valence-electron chi connectivity index (χ3n) is 3.26. The molecule has 1 aliphatic heterocycles. The molecule has 4 nitrogen and oxygen atoms in total. The van der Waals surface area contributed by atoms with Crippen molar-refractivity contribution in [2.75, 3.05) is 13.1 Å². The first-order valence-electron chi connectivity index (χ1n) is 6.02. The lowest BCUT2D eigenvalue weighted by Crippen LogP contribution is -2.46. The van der Waals surface area contributed by atoms with Crippen LogP contribution in [0.15, 0.2) is 0 Å². The summed E-state index contributed by atoms with van der Waals surface area (Å²) in [6.45, 7) is -0.287. The fourth-order valence-corrected chi connectivity index (χ4v) is 2.08. The summed E-state index contributed by atoms with van der Waals surface area (Å²) in [6, 6.07) is -0.617. The Balaban J connectivity index is 1.99. The van der Waals surface area contributed by atoms with Gasteiger partial charge in [0.25, 0.3) is 0 Å². The number of nitrogens with zero attached hydrogens (tertiary/aromatic N) is 1. The van der Waals surface area contributed by atoms with Crippen LogP contribution in [0.4, 0.5) is 13.2 Å². The molecule has 0 aromatic rings. The first-order chi connectivity index (χ1) is 8.37. The Kier molecular flexibility index (Phi) is 3.49. The molecular weight excluding hydrogens is 249 g/mol. The fraction of sp³-hybridized carbons (Fsp3) is 0.818. The van der Waals surface area contributed by atoms with Gasteiger partial charge in [-0.1, -0.05) is 0 Å². The second-order valence-corrected chi connectivity index (χ2v) is 4.82. The van der Waals surface area contributed by atoms with Crippen LogP contribution < -0.4 is 5.32 Å². The normalized spacial score (nSPS) is 25.9. The molecule has 0 spiro atoms. The van der Waals surface area contributed by atoms with Gasteiger partial charge in [0.05, 0.1) is 6.42 Å². The van der Waals surface area contributed by atoms with Crippen molar-refractivity contribution in [2.24, 2.45) is 5.92 Å². The predicted molar refractivity (Wildman–Crippen MR) is 56.5 cm³/mol. The number of rotatable bonds is 3. The topological polar surface area (TPSA) is 49.4 Å². The summed E-state index contributed by atoms with van der Waals surface area (Å²) in [7, 11) is 0. The highest BCUT2D eigenvalue weighted by molar-refractivity contribution is 5.90. The molecule has 1 unspecified atom stereocenters. The molecule has 18 heavy (non-hydrogen) atoms. The monoisotopic (exact) mass is 264 g/mol. The van der Waals surface area contributed by atoms with E-state index in [0.717, 1.165) is 17.7 Å². The Bertz CT molecular complexity index is 353. The summed E-state index contributed by atoms with van der Waals surface area (Å²) >= 11 is 0. The second kappa shape index (κ2) is 4.78. The summed E-state index contributed by atoms with van der Waals surface area (Å²) in [4.78, 5) is 24.6. The van der Waals surface area contributed by atoms with Gasteiger partial charge in [0.15, 0.2) is 0 Å². The number of halogens is 3. The number of nitrogens with one attached hydrogen (secondary N) is 1. The van der Waals surface area contributed by atoms with Crippen molar-refractivity contribution in [1.82, 2.24) is 10.2 Å². The first-order valence-corrected chi connectivity index (χ1v) is 6.02. The van der Waals surface area contributed by atoms with Crippen molar-refractivity contribution in [1.29, 1.82) is 0 Å². The van der Waals surface area contributed by atoms with Crippen molar-refractivity contribution in [2.45, 2.75) is 37.9 Å². The van der Waals surface area contributed by atoms with Crippen molar-refractivity contribution in [3.05, 3.63) is 0 Å². The average molecular weight is 264 g/mol. The van der Waals surface area contributed by atoms with E-state index in [-0.39, 0.29) is 37.2 Å². The van der Waals surface area contributed by atoms with E-state index in [9.17, 15) is 22.8 Å². The molecule has 2 aliphatic rings. The smallest absolute Gasteiger partial charge is 0.344 e. The summed E-state index contributed by atoms with van der Waals surface area (Å²) in [5.41, 5.74) is 0. The number of amides is 2. The Hall–Kier alpha value is -1.27. The molecule has 2 fully saturated rings. The standard InChI is InChI=1S/C11H15F3N2O2/c12-11(13,14)4-6-16-5-3-8(17)15-9(10(16)18)7-1-2-7/h7,9H,1-6H2,(H,15,17). The SMILES string of the molecule is O=C1CCN(CCC(F)(F)F)C(=O)C(C2CC2)N1. The minimum atomic E-state index is -4.28. The van der Waals surface area contributed by atoms with Gasteiger partial charge in [-0.2, -0.15) is 13.2 Å². The van der Waals surface area contributed by atoms with Crippen molar-refractivity contribution < 1.29 is 22.8 Å². The van der Waals surface area contributed by atoms with Gasteiger partial charge in [-0.05, 0) is 18.8 Å². The maximum absolute atomic E-state index is 12.2. The van der Waals surface area contributed by atoms with Gasteiger partial charge in [-0.25, -0.2) is 0 Å². The molecule has 1 saturated heterocycles. The number of alkyl halides is 3. The van der Waals surface area contributed by atoms with E-state index in [4.69, 9.17) is 0 Å². The molecule has 0 bridgehead atoms. The van der Waals surface area contributed by atoms with E-state index in [0.29, 0.717) is 0 Å². The van der Waals surface area contributed by atoms with Crippen LogP contribution in [-0.2, 0) is 9.59 Å². The molecule has 1 saturated carbocycles. The molecule has 102 valence electrons. The third kappa shape index (κ3) is 3.36. The minimum absolute atomic E-state index is 0.0734. The lowest BCUT2D eigenvalue weighted by atomic mass is 10.1. The lowest BCUT2D eigenvalue weighted by Gasteiger charge is -2.24. The molecular formula is C11H15F3N2O2. The average Bonchev–Trinajstić information content (AvgIpc) is 3.06. The molecule has 7 heteroatoms. The zero-order valence-electron chi connectivity index (χ0n) is 9.79. The number of carbonyl (C=O) groups is 2. The van der Waals surface area contributed by atoms with Crippen molar-refractivity contribution in [3.63, 3.8) is 0 Å². The van der Waals surface area contributed by atoms with Gasteiger partial charge < -0.3 is 10.2 Å². The third-order valence-corrected chi connectivity index (χ3v) is 3.26. The fourth-order valence-electron chi connectivity index (χ4n) is 2.08. The van der Waals surface area contributed by atoms with Crippen LogP contribution in [0.25, 0.3) is 0 Å². The quantitative estimate of drug-likeness (QED) is 0.828. The van der Waals surface area contributed by atoms with Crippen molar-refractivity contribution in [3.8, 4) is 0 Å². The van der Waals surface area contributed by atoms with Gasteiger partial charge in [0.1, 0.15) is 6.04 Å². The van der Waals surface area contributed by atoms with Crippen LogP contribution in [0.2, 0.25) is 0 Å². The zero-order chi connectivity index (χ0) is 13.3. The molecule has 0 aromatic heterocycles. The highest BCUT2D eigenvalue weighted by atomic mass is 19.4. The van der Waals surface area contributed by atoms with Gasteiger partial charge >= 0.3 is 6.18 Å². The number of hydrogen-bond acceptors (Lipinski definition) is 2. The highest BCUT2D eigenvalue weighted by Gasteiger charge is 2.41. The van der Waals surface area contributed by atoms with Crippen LogP contribution in [0.5, 0.6) is 0 Å². The van der Waals surface area contributed by atoms with Crippen molar-refractivity contribution >= 4 is 11.8 Å². The minimum Gasteiger partial charge on any atom is -0.344 e. The molecule has 0 radical (unpaired) electrons. The molecule has 2 rings (SSSR count). The molecule has 0 aromatic carbocycles. The summed E-state index contributed by atoms with van der Waals surface area (Å²) in [5, 5.41) is 2.61. The van der Waals surface area contributed by atoms with Crippen LogP contribution in [0, 0.1) is 5.92 Å². The van der Waals surface area contributed by atoms with Gasteiger partial charge in [0.2, 0.25) is 11.8 Å². The van der Waals surface area contributed by atoms with Gasteiger partial charge in [-0.15, -0.1) is 0 Å². The van der Waals surface area contributed by atoms with E-state index in [1.54, 1.807) is 0 Å². The maximum atomic E-state index is 12.2. The second-order valence-electron chi connectivity index (χ2n) is 4.82. The Morgan fingerprint density at radius 3 is 2.50 bits per heavy atom. The van der Waals surface area contributed by atoms with E-state index in [2.05, 4.69) is 5.32 Å². The maximum Gasteiger partial charge on any atom is 0.390 e. The summed E-state index contributed by atoms with van der Waals surface area (Å²) < 4.78 is 36.5. The van der Waals surface area contributed by atoms with Gasteiger partial charge in [0, 0.05) is 19.5 Å². The molecule has 1 heterocycles. The molecule has 1 atom stereocenters. The zero-order valence-corrected chi connectivity index (χ0v) is 9.79. The van der Waals surface area contributed by atoms with E-state index < -0.39 is 18.6 Å². The Morgan fingerprint density at radius 2 is 1.94 bits per heavy atom. The molecule has 1 aliphatic carbocycles. The predicted octanol–water partition coefficient (Wildman–Crippen LogP) is 1.07. The number of hydrogen-bond donors (Lipinski definition) is 1. The van der Waals surface area contributed by atoms with Gasteiger partial charge in [-0.3, -0.25) is 9.59 Å². The van der Waals surface area contributed by atoms with Crippen LogP contribution in [0.1, 0.15) is 25.7 Å². The Labute approximate surface area is 103 Å². The van der Waals surface area contributed by atoms with Crippen LogP contribution in [-0.4, -0.2) is 42.0 Å². The number of carbonyl (C=O) groups excluding carboxylic acids is 2. The van der Waals surface area contributed by atoms with E-state index in [1.165, 1.54) is 0 Å². The first kappa shape index (κ1) is 13.2. The Morgan fingerprint density at radius 1 is 1.28 bits per heavy atom. The van der Waals surface area contributed by atoms with Crippen LogP contribution in [0.3, 0.4) is 0 Å². The van der Waals surface area contributed by atoms with E-state index in [1.807, 2.05) is 0 Å². The summed E-state index contributed by atoms with van der Waals surface area (Å²) in [6.07, 6.45) is -3.52. The van der Waals surface area contributed by atoms with E-state index >= 15 is 0 Å². The highest BCUT2D eigenvalue weighted by Crippen LogP contribution is 2.34. The lowest BCUT2D eigenvalue weighted by molar-refractivity contribution is -0.146. The van der Waals surface area contributed by atoms with Crippen LogP contribution >= 0.6 is 0 Å².